The summed E-state index contributed by atoms with van der Waals surface area (Å²) in [6, 6.07) is 13.7. The van der Waals surface area contributed by atoms with Crippen molar-refractivity contribution in [3.05, 3.63) is 75.3 Å². The Labute approximate surface area is 142 Å². The van der Waals surface area contributed by atoms with E-state index in [1.165, 1.54) is 0 Å². The van der Waals surface area contributed by atoms with Crippen molar-refractivity contribution in [2.24, 2.45) is 0 Å². The highest BCUT2D eigenvalue weighted by atomic mass is 79.9. The average molecular weight is 372 g/mol. The molecule has 2 aromatic carbocycles. The van der Waals surface area contributed by atoms with E-state index >= 15 is 0 Å². The van der Waals surface area contributed by atoms with Crippen LogP contribution in [-0.4, -0.2) is 16.8 Å². The van der Waals surface area contributed by atoms with Gasteiger partial charge < -0.3 is 10.4 Å². The van der Waals surface area contributed by atoms with E-state index in [0.717, 1.165) is 15.6 Å². The maximum absolute atomic E-state index is 12.2. The Morgan fingerprint density at radius 2 is 1.65 bits per heavy atom. The molecule has 0 saturated carbocycles. The summed E-state index contributed by atoms with van der Waals surface area (Å²) < 4.78 is 0.894. The second kappa shape index (κ2) is 6.01. The zero-order valence-corrected chi connectivity index (χ0v) is 13.9. The number of nitrogens with one attached hydrogen (secondary N) is 1. The van der Waals surface area contributed by atoms with Gasteiger partial charge in [0.1, 0.15) is 5.76 Å². The smallest absolute Gasteiger partial charge is 0.293 e. The predicted octanol–water partition coefficient (Wildman–Crippen LogP) is 3.47. The lowest BCUT2D eigenvalue weighted by Crippen LogP contribution is -2.21. The maximum atomic E-state index is 12.2. The first kappa shape index (κ1) is 15.5. The Morgan fingerprint density at radius 3 is 2.26 bits per heavy atom. The minimum Gasteiger partial charge on any atom is -0.507 e. The van der Waals surface area contributed by atoms with Crippen LogP contribution in [-0.2, 0) is 9.59 Å². The first-order chi connectivity index (χ1) is 11.0. The Bertz CT molecular complexity index is 807. The van der Waals surface area contributed by atoms with E-state index < -0.39 is 17.7 Å². The molecule has 3 rings (SSSR count). The molecule has 1 aliphatic rings. The summed E-state index contributed by atoms with van der Waals surface area (Å²) in [6.45, 7) is 1.93. The van der Waals surface area contributed by atoms with Gasteiger partial charge in [0.25, 0.3) is 11.7 Å². The van der Waals surface area contributed by atoms with Crippen molar-refractivity contribution >= 4 is 33.4 Å². The van der Waals surface area contributed by atoms with Crippen molar-refractivity contribution in [2.45, 2.75) is 13.0 Å². The molecule has 4 nitrogen and oxygen atoms in total. The van der Waals surface area contributed by atoms with Crippen LogP contribution in [0.1, 0.15) is 22.7 Å². The molecule has 1 saturated heterocycles. The number of hydrogen-bond acceptors (Lipinski definition) is 3. The molecule has 2 aromatic rings. The first-order valence-corrected chi connectivity index (χ1v) is 7.87. The van der Waals surface area contributed by atoms with E-state index in [-0.39, 0.29) is 11.3 Å². The molecule has 0 aliphatic carbocycles. The molecule has 0 bridgehead atoms. The van der Waals surface area contributed by atoms with Crippen LogP contribution in [0.5, 0.6) is 0 Å². The number of halogens is 1. The van der Waals surface area contributed by atoms with Crippen molar-refractivity contribution in [1.82, 2.24) is 5.32 Å². The molecule has 0 radical (unpaired) electrons. The number of benzene rings is 2. The van der Waals surface area contributed by atoms with Crippen LogP contribution in [0.25, 0.3) is 5.76 Å². The molecule has 1 aliphatic heterocycles. The van der Waals surface area contributed by atoms with Gasteiger partial charge in [-0.3, -0.25) is 9.59 Å². The van der Waals surface area contributed by atoms with Gasteiger partial charge in [0, 0.05) is 10.0 Å². The number of rotatable bonds is 2. The van der Waals surface area contributed by atoms with Crippen LogP contribution < -0.4 is 5.32 Å². The fraction of sp³-hybridized carbons (Fsp3) is 0.111. The molecule has 0 spiro atoms. The summed E-state index contributed by atoms with van der Waals surface area (Å²) in [5.74, 6) is -1.57. The van der Waals surface area contributed by atoms with Crippen LogP contribution >= 0.6 is 15.9 Å². The van der Waals surface area contributed by atoms with Gasteiger partial charge in [0.05, 0.1) is 11.6 Å². The van der Waals surface area contributed by atoms with Gasteiger partial charge in [-0.1, -0.05) is 57.9 Å². The Balaban J connectivity index is 2.10. The standard InChI is InChI=1S/C18H14BrNO3/c1-10-2-4-12(5-3-10)16(21)14-15(20-18(23)17(14)22)11-6-8-13(19)9-7-11/h2-9,15,21H,1H3,(H,20,23)/b16-14+/t15-/m0/s1. The van der Waals surface area contributed by atoms with Crippen LogP contribution in [0.2, 0.25) is 0 Å². The normalized spacial score (nSPS) is 19.7. The van der Waals surface area contributed by atoms with E-state index in [4.69, 9.17) is 0 Å². The SMILES string of the molecule is Cc1ccc(/C(O)=C2\C(=O)C(=O)N[C@H]2c2ccc(Br)cc2)cc1. The van der Waals surface area contributed by atoms with Gasteiger partial charge in [0.15, 0.2) is 0 Å². The van der Waals surface area contributed by atoms with Crippen molar-refractivity contribution in [3.63, 3.8) is 0 Å². The third kappa shape index (κ3) is 2.92. The lowest BCUT2D eigenvalue weighted by Gasteiger charge is -2.14. The molecule has 2 N–H and O–H groups in total. The number of aliphatic hydroxyl groups excluding tert-OH is 1. The zero-order chi connectivity index (χ0) is 16.6. The number of carbonyl (C=O) groups is 2. The molecule has 1 amide bonds. The molecule has 23 heavy (non-hydrogen) atoms. The van der Waals surface area contributed by atoms with Crippen LogP contribution in [0, 0.1) is 6.92 Å². The fourth-order valence-electron chi connectivity index (χ4n) is 2.54. The monoisotopic (exact) mass is 371 g/mol. The molecule has 0 unspecified atom stereocenters. The summed E-state index contributed by atoms with van der Waals surface area (Å²) >= 11 is 3.35. The van der Waals surface area contributed by atoms with E-state index in [9.17, 15) is 14.7 Å². The maximum Gasteiger partial charge on any atom is 0.293 e. The van der Waals surface area contributed by atoms with Crippen molar-refractivity contribution in [3.8, 4) is 0 Å². The number of hydrogen-bond donors (Lipinski definition) is 2. The van der Waals surface area contributed by atoms with E-state index in [2.05, 4.69) is 21.2 Å². The van der Waals surface area contributed by atoms with Gasteiger partial charge >= 0.3 is 0 Å². The summed E-state index contributed by atoms with van der Waals surface area (Å²) in [6.07, 6.45) is 0. The van der Waals surface area contributed by atoms with Gasteiger partial charge in [-0.2, -0.15) is 0 Å². The summed E-state index contributed by atoms with van der Waals surface area (Å²) in [4.78, 5) is 24.0. The largest absolute Gasteiger partial charge is 0.507 e. The Kier molecular flexibility index (Phi) is 4.05. The summed E-state index contributed by atoms with van der Waals surface area (Å²) in [7, 11) is 0. The van der Waals surface area contributed by atoms with Crippen LogP contribution in [0.4, 0.5) is 0 Å². The lowest BCUT2D eigenvalue weighted by molar-refractivity contribution is -0.133. The molecule has 5 heteroatoms. The predicted molar refractivity (Wildman–Crippen MR) is 90.8 cm³/mol. The third-order valence-corrected chi connectivity index (χ3v) is 4.33. The van der Waals surface area contributed by atoms with Crippen LogP contribution in [0.3, 0.4) is 0 Å². The fourth-order valence-corrected chi connectivity index (χ4v) is 2.80. The molecule has 1 heterocycles. The number of carbonyl (C=O) groups excluding carboxylic acids is 2. The van der Waals surface area contributed by atoms with Crippen LogP contribution in [0.15, 0.2) is 58.6 Å². The lowest BCUT2D eigenvalue weighted by atomic mass is 9.95. The summed E-state index contributed by atoms with van der Waals surface area (Å²) in [5.41, 5.74) is 2.38. The molecule has 0 aromatic heterocycles. The average Bonchev–Trinajstić information content (AvgIpc) is 2.84. The number of Topliss-reactive ketones (excluding diaryl/α,β-unsaturated/α-hetero) is 1. The van der Waals surface area contributed by atoms with Crippen molar-refractivity contribution in [2.75, 3.05) is 0 Å². The van der Waals surface area contributed by atoms with Crippen molar-refractivity contribution < 1.29 is 14.7 Å². The number of aliphatic hydroxyl groups is 1. The molecule has 116 valence electrons. The minimum atomic E-state index is -0.702. The Morgan fingerprint density at radius 1 is 1.04 bits per heavy atom. The molecular formula is C18H14BrNO3. The van der Waals surface area contributed by atoms with Gasteiger partial charge in [-0.05, 0) is 24.6 Å². The van der Waals surface area contributed by atoms with Crippen molar-refractivity contribution in [1.29, 1.82) is 0 Å². The highest BCUT2D eigenvalue weighted by molar-refractivity contribution is 9.10. The third-order valence-electron chi connectivity index (χ3n) is 3.80. The second-order valence-corrected chi connectivity index (χ2v) is 6.33. The molecule has 1 fully saturated rings. The van der Waals surface area contributed by atoms with Gasteiger partial charge in [-0.15, -0.1) is 0 Å². The second-order valence-electron chi connectivity index (χ2n) is 5.42. The minimum absolute atomic E-state index is 0.0844. The number of ketones is 1. The zero-order valence-electron chi connectivity index (χ0n) is 12.3. The summed E-state index contributed by atoms with van der Waals surface area (Å²) in [5, 5.41) is 13.2. The number of amides is 1. The first-order valence-electron chi connectivity index (χ1n) is 7.08. The van der Waals surface area contributed by atoms with E-state index in [0.29, 0.717) is 5.56 Å². The van der Waals surface area contributed by atoms with Gasteiger partial charge in [0.2, 0.25) is 0 Å². The van der Waals surface area contributed by atoms with E-state index in [1.807, 2.05) is 31.2 Å². The highest BCUT2D eigenvalue weighted by Crippen LogP contribution is 2.33. The topological polar surface area (TPSA) is 66.4 Å². The van der Waals surface area contributed by atoms with Gasteiger partial charge in [-0.25, -0.2) is 0 Å². The highest BCUT2D eigenvalue weighted by Gasteiger charge is 2.39. The molecular weight excluding hydrogens is 358 g/mol. The molecule has 1 atom stereocenters. The Hall–Kier alpha value is -2.40. The quantitative estimate of drug-likeness (QED) is 0.482. The number of aryl methyl sites for hydroxylation is 1. The van der Waals surface area contributed by atoms with E-state index in [1.54, 1.807) is 24.3 Å².